The number of benzene rings is 1. The molecule has 1 aromatic carbocycles. The molecule has 1 amide bonds. The van der Waals surface area contributed by atoms with E-state index in [1.807, 2.05) is 31.2 Å². The zero-order valence-electron chi connectivity index (χ0n) is 11.5. The number of carbonyl (C=O) groups excluding carboxylic acids is 1. The fourth-order valence-electron chi connectivity index (χ4n) is 1.88. The molecular formula is C15H18N2OS2. The van der Waals surface area contributed by atoms with E-state index in [-0.39, 0.29) is 17.2 Å². The van der Waals surface area contributed by atoms with Crippen molar-refractivity contribution in [3.8, 4) is 0 Å². The Morgan fingerprint density at radius 3 is 2.50 bits per heavy atom. The molecule has 0 aliphatic heterocycles. The van der Waals surface area contributed by atoms with Gasteiger partial charge in [0.05, 0.1) is 5.25 Å². The van der Waals surface area contributed by atoms with Crippen LogP contribution in [-0.2, 0) is 4.79 Å². The van der Waals surface area contributed by atoms with Gasteiger partial charge in [-0.05, 0) is 53.6 Å². The summed E-state index contributed by atoms with van der Waals surface area (Å²) < 4.78 is 0. The highest BCUT2D eigenvalue weighted by Crippen LogP contribution is 2.38. The van der Waals surface area contributed by atoms with Gasteiger partial charge < -0.3 is 11.1 Å². The highest BCUT2D eigenvalue weighted by molar-refractivity contribution is 7.99. The maximum atomic E-state index is 11.0. The van der Waals surface area contributed by atoms with Crippen LogP contribution in [-0.4, -0.2) is 11.9 Å². The molecule has 0 fully saturated rings. The third-order valence-corrected chi connectivity index (χ3v) is 4.99. The largest absolute Gasteiger partial charge is 0.327 e. The van der Waals surface area contributed by atoms with Gasteiger partial charge in [-0.25, -0.2) is 0 Å². The number of hydrogen-bond donors (Lipinski definition) is 2. The van der Waals surface area contributed by atoms with Crippen molar-refractivity contribution < 1.29 is 4.79 Å². The van der Waals surface area contributed by atoms with Crippen molar-refractivity contribution in [3.63, 3.8) is 0 Å². The van der Waals surface area contributed by atoms with Gasteiger partial charge in [-0.15, -0.1) is 11.8 Å². The first-order valence-electron chi connectivity index (χ1n) is 6.38. The Balaban J connectivity index is 2.09. The van der Waals surface area contributed by atoms with E-state index in [0.717, 1.165) is 10.6 Å². The van der Waals surface area contributed by atoms with Crippen molar-refractivity contribution in [2.45, 2.75) is 30.0 Å². The summed E-state index contributed by atoms with van der Waals surface area (Å²) in [5, 5.41) is 7.23. The zero-order valence-corrected chi connectivity index (χ0v) is 13.1. The van der Waals surface area contributed by atoms with Crippen LogP contribution >= 0.6 is 23.1 Å². The Bertz CT molecular complexity index is 550. The summed E-state index contributed by atoms with van der Waals surface area (Å²) in [5.74, 6) is -0.0582. The Labute approximate surface area is 127 Å². The first kappa shape index (κ1) is 15.1. The molecule has 0 aliphatic carbocycles. The number of thioether (sulfide) groups is 1. The number of anilines is 1. The van der Waals surface area contributed by atoms with Crippen LogP contribution in [0.15, 0.2) is 46.0 Å². The number of thiophene rings is 1. The molecule has 2 aromatic rings. The van der Waals surface area contributed by atoms with Crippen molar-refractivity contribution >= 4 is 34.7 Å². The molecule has 3 nitrogen and oxygen atoms in total. The molecule has 0 radical (unpaired) electrons. The maximum Gasteiger partial charge on any atom is 0.221 e. The fraction of sp³-hybridized carbons (Fsp3) is 0.267. The molecule has 2 unspecified atom stereocenters. The van der Waals surface area contributed by atoms with Crippen LogP contribution in [0.5, 0.6) is 0 Å². The summed E-state index contributed by atoms with van der Waals surface area (Å²) in [6.07, 6.45) is 0. The molecule has 5 heteroatoms. The third kappa shape index (κ3) is 4.10. The van der Waals surface area contributed by atoms with Gasteiger partial charge in [-0.2, -0.15) is 11.3 Å². The lowest BCUT2D eigenvalue weighted by molar-refractivity contribution is -0.114. The first-order chi connectivity index (χ1) is 9.56. The molecule has 0 spiro atoms. The van der Waals surface area contributed by atoms with E-state index in [1.54, 1.807) is 23.1 Å². The minimum Gasteiger partial charge on any atom is -0.327 e. The maximum absolute atomic E-state index is 11.0. The second-order valence-corrected chi connectivity index (χ2v) is 6.65. The predicted molar refractivity (Wildman–Crippen MR) is 87.3 cm³/mol. The molecule has 1 heterocycles. The summed E-state index contributed by atoms with van der Waals surface area (Å²) in [5.41, 5.74) is 8.18. The van der Waals surface area contributed by atoms with Gasteiger partial charge in [0.1, 0.15) is 0 Å². The molecule has 106 valence electrons. The van der Waals surface area contributed by atoms with Crippen LogP contribution < -0.4 is 11.1 Å². The first-order valence-corrected chi connectivity index (χ1v) is 8.20. The lowest BCUT2D eigenvalue weighted by atomic mass is 10.1. The molecule has 0 bridgehead atoms. The van der Waals surface area contributed by atoms with Gasteiger partial charge in [-0.3, -0.25) is 4.79 Å². The van der Waals surface area contributed by atoms with Crippen LogP contribution in [0, 0.1) is 0 Å². The molecule has 0 saturated carbocycles. The van der Waals surface area contributed by atoms with Crippen LogP contribution in [0.3, 0.4) is 0 Å². The number of nitrogens with two attached hydrogens (primary N) is 1. The summed E-state index contributed by atoms with van der Waals surface area (Å²) >= 11 is 3.44. The molecule has 20 heavy (non-hydrogen) atoms. The normalized spacial score (nSPS) is 13.8. The second kappa shape index (κ2) is 6.92. The van der Waals surface area contributed by atoms with Gasteiger partial charge in [-0.1, -0.05) is 0 Å². The number of nitrogens with one attached hydrogen (secondary N) is 1. The lowest BCUT2D eigenvalue weighted by Crippen LogP contribution is -2.22. The predicted octanol–water partition coefficient (Wildman–Crippen LogP) is 3.89. The summed E-state index contributed by atoms with van der Waals surface area (Å²) in [6, 6.07) is 10.0. The Hall–Kier alpha value is -1.30. The molecule has 1 aromatic heterocycles. The van der Waals surface area contributed by atoms with Crippen LogP contribution in [0.25, 0.3) is 0 Å². The molecule has 2 atom stereocenters. The van der Waals surface area contributed by atoms with Gasteiger partial charge in [0.15, 0.2) is 0 Å². The molecular weight excluding hydrogens is 288 g/mol. The standard InChI is InChI=1S/C15H18N2OS2/c1-10(16)15(12-7-8-19-9-12)20-14-5-3-13(4-6-14)17-11(2)18/h3-10,15H,16H2,1-2H3,(H,17,18). The Morgan fingerprint density at radius 1 is 1.30 bits per heavy atom. The number of carbonyl (C=O) groups is 1. The van der Waals surface area contributed by atoms with E-state index in [2.05, 4.69) is 22.1 Å². The lowest BCUT2D eigenvalue weighted by Gasteiger charge is -2.19. The van der Waals surface area contributed by atoms with Crippen molar-refractivity contribution in [1.82, 2.24) is 0 Å². The van der Waals surface area contributed by atoms with Gasteiger partial charge in [0.2, 0.25) is 5.91 Å². The summed E-state index contributed by atoms with van der Waals surface area (Å²) in [6.45, 7) is 3.53. The van der Waals surface area contributed by atoms with Crippen molar-refractivity contribution in [2.75, 3.05) is 5.32 Å². The van der Waals surface area contributed by atoms with Crippen molar-refractivity contribution in [1.29, 1.82) is 0 Å². The SMILES string of the molecule is CC(=O)Nc1ccc(SC(c2ccsc2)C(C)N)cc1. The van der Waals surface area contributed by atoms with E-state index in [0.29, 0.717) is 0 Å². The highest BCUT2D eigenvalue weighted by atomic mass is 32.2. The van der Waals surface area contributed by atoms with Gasteiger partial charge in [0.25, 0.3) is 0 Å². The summed E-state index contributed by atoms with van der Waals surface area (Å²) in [7, 11) is 0. The second-order valence-electron chi connectivity index (χ2n) is 4.66. The van der Waals surface area contributed by atoms with Crippen molar-refractivity contribution in [3.05, 3.63) is 46.7 Å². The Morgan fingerprint density at radius 2 is 2.00 bits per heavy atom. The van der Waals surface area contributed by atoms with E-state index in [1.165, 1.54) is 12.5 Å². The van der Waals surface area contributed by atoms with Gasteiger partial charge in [0, 0.05) is 23.5 Å². The van der Waals surface area contributed by atoms with Gasteiger partial charge >= 0.3 is 0 Å². The number of rotatable bonds is 5. The van der Waals surface area contributed by atoms with Crippen LogP contribution in [0.1, 0.15) is 24.7 Å². The van der Waals surface area contributed by atoms with Crippen LogP contribution in [0.4, 0.5) is 5.69 Å². The van der Waals surface area contributed by atoms with Crippen LogP contribution in [0.2, 0.25) is 0 Å². The fourth-order valence-corrected chi connectivity index (χ4v) is 3.75. The quantitative estimate of drug-likeness (QED) is 0.824. The van der Waals surface area contributed by atoms with Crippen molar-refractivity contribution in [2.24, 2.45) is 5.73 Å². The molecule has 0 aliphatic rings. The van der Waals surface area contributed by atoms with E-state index in [9.17, 15) is 4.79 Å². The molecule has 2 rings (SSSR count). The van der Waals surface area contributed by atoms with E-state index in [4.69, 9.17) is 5.73 Å². The molecule has 0 saturated heterocycles. The summed E-state index contributed by atoms with van der Waals surface area (Å²) in [4.78, 5) is 12.1. The van der Waals surface area contributed by atoms with E-state index < -0.39 is 0 Å². The molecule has 3 N–H and O–H groups in total. The number of hydrogen-bond acceptors (Lipinski definition) is 4. The minimum atomic E-state index is -0.0582. The third-order valence-electron chi connectivity index (χ3n) is 2.79. The zero-order chi connectivity index (χ0) is 14.5. The highest BCUT2D eigenvalue weighted by Gasteiger charge is 2.18. The number of amides is 1. The average molecular weight is 306 g/mol. The van der Waals surface area contributed by atoms with E-state index >= 15 is 0 Å². The topological polar surface area (TPSA) is 55.1 Å². The Kier molecular flexibility index (Phi) is 5.23. The monoisotopic (exact) mass is 306 g/mol. The average Bonchev–Trinajstić information content (AvgIpc) is 2.90. The smallest absolute Gasteiger partial charge is 0.221 e. The minimum absolute atomic E-state index is 0.0582.